The fourth-order valence-corrected chi connectivity index (χ4v) is 3.98. The first-order chi connectivity index (χ1) is 18.9. The van der Waals surface area contributed by atoms with Crippen LogP contribution in [0.3, 0.4) is 0 Å². The summed E-state index contributed by atoms with van der Waals surface area (Å²) in [5.41, 5.74) is 3.99. The van der Waals surface area contributed by atoms with Crippen molar-refractivity contribution in [3.8, 4) is 34.4 Å². The number of aromatic amines is 1. The summed E-state index contributed by atoms with van der Waals surface area (Å²) in [6, 6.07) is 17.2. The van der Waals surface area contributed by atoms with Gasteiger partial charge in [0.1, 0.15) is 29.6 Å². The molecule has 2 N–H and O–H groups in total. The van der Waals surface area contributed by atoms with Crippen molar-refractivity contribution in [3.05, 3.63) is 77.6 Å². The van der Waals surface area contributed by atoms with Gasteiger partial charge in [0.2, 0.25) is 0 Å². The molecule has 0 fully saturated rings. The Bertz CT molecular complexity index is 1530. The summed E-state index contributed by atoms with van der Waals surface area (Å²) in [6.07, 6.45) is 5.09. The number of nitrogens with one attached hydrogen (secondary N) is 2. The molecule has 2 heterocycles. The van der Waals surface area contributed by atoms with E-state index in [2.05, 4.69) is 20.2 Å². The van der Waals surface area contributed by atoms with Gasteiger partial charge in [-0.3, -0.25) is 4.79 Å². The summed E-state index contributed by atoms with van der Waals surface area (Å²) in [5, 5.41) is 13.3. The number of nitrogens with zero attached hydrogens (tertiary/aromatic N) is 3. The number of hydrogen-bond donors (Lipinski definition) is 2. The number of benzene rings is 2. The Hall–Kier alpha value is -4.81. The van der Waals surface area contributed by atoms with Gasteiger partial charge in [-0.1, -0.05) is 18.2 Å². The Morgan fingerprint density at radius 3 is 2.67 bits per heavy atom. The van der Waals surface area contributed by atoms with Gasteiger partial charge in [-0.15, -0.1) is 0 Å². The van der Waals surface area contributed by atoms with Crippen LogP contribution in [0.5, 0.6) is 17.2 Å². The summed E-state index contributed by atoms with van der Waals surface area (Å²) in [5.74, 6) is 1.46. The Morgan fingerprint density at radius 1 is 1.10 bits per heavy atom. The van der Waals surface area contributed by atoms with E-state index in [4.69, 9.17) is 14.2 Å². The van der Waals surface area contributed by atoms with Crippen LogP contribution in [-0.4, -0.2) is 62.2 Å². The van der Waals surface area contributed by atoms with Crippen LogP contribution < -0.4 is 19.5 Å². The quantitative estimate of drug-likeness (QED) is 0.220. The number of ether oxygens (including phenoxy) is 3. The van der Waals surface area contributed by atoms with Crippen molar-refractivity contribution < 1.29 is 19.0 Å². The molecule has 9 heteroatoms. The lowest BCUT2D eigenvalue weighted by atomic mass is 10.0. The van der Waals surface area contributed by atoms with Crippen molar-refractivity contribution in [3.63, 3.8) is 0 Å². The third kappa shape index (κ3) is 6.74. The Labute approximate surface area is 227 Å². The second-order valence-electron chi connectivity index (χ2n) is 9.09. The predicted octanol–water partition coefficient (Wildman–Crippen LogP) is 4.41. The minimum Gasteiger partial charge on any atom is -0.493 e. The first-order valence-electron chi connectivity index (χ1n) is 12.4. The molecule has 0 unspecified atom stereocenters. The van der Waals surface area contributed by atoms with E-state index in [1.165, 1.54) is 0 Å². The zero-order chi connectivity index (χ0) is 27.8. The number of likely N-dealkylation sites (N-methyl/N-ethyl adjacent to an activating group) is 1. The number of methoxy groups -OCH3 is 2. The highest BCUT2D eigenvalue weighted by Gasteiger charge is 2.13. The zero-order valence-electron chi connectivity index (χ0n) is 22.4. The van der Waals surface area contributed by atoms with E-state index in [1.807, 2.05) is 56.6 Å². The third-order valence-corrected chi connectivity index (χ3v) is 6.10. The number of nitriles is 1. The molecule has 4 aromatic rings. The molecule has 0 saturated carbocycles. The SMILES string of the molecule is COc1ccc(CNC(=O)/C(C#N)=C/c2c[nH]c3ncc(-c4cccc(OCCN(C)C)c4)cc23)cc1OC. The first kappa shape index (κ1) is 27.2. The molecule has 39 heavy (non-hydrogen) atoms. The molecular weight excluding hydrogens is 494 g/mol. The monoisotopic (exact) mass is 525 g/mol. The molecule has 0 aliphatic rings. The maximum Gasteiger partial charge on any atom is 0.262 e. The number of pyridine rings is 1. The highest BCUT2D eigenvalue weighted by atomic mass is 16.5. The second kappa shape index (κ2) is 12.6. The highest BCUT2D eigenvalue weighted by molar-refractivity contribution is 6.04. The number of fused-ring (bicyclic) bond motifs is 1. The number of aromatic nitrogens is 2. The summed E-state index contributed by atoms with van der Waals surface area (Å²) < 4.78 is 16.4. The molecule has 200 valence electrons. The number of carbonyl (C=O) groups excluding carboxylic acids is 1. The lowest BCUT2D eigenvalue weighted by Gasteiger charge is -2.12. The van der Waals surface area contributed by atoms with Gasteiger partial charge in [-0.25, -0.2) is 4.98 Å². The normalized spacial score (nSPS) is 11.3. The Balaban J connectivity index is 1.53. The molecule has 4 rings (SSSR count). The van der Waals surface area contributed by atoms with Crippen LogP contribution in [-0.2, 0) is 11.3 Å². The number of amides is 1. The molecule has 0 aliphatic carbocycles. The summed E-state index contributed by atoms with van der Waals surface area (Å²) in [6.45, 7) is 1.64. The van der Waals surface area contributed by atoms with Crippen LogP contribution >= 0.6 is 0 Å². The van der Waals surface area contributed by atoms with Gasteiger partial charge in [0.25, 0.3) is 5.91 Å². The minimum atomic E-state index is -0.478. The Morgan fingerprint density at radius 2 is 1.92 bits per heavy atom. The van der Waals surface area contributed by atoms with E-state index < -0.39 is 5.91 Å². The Kier molecular flexibility index (Phi) is 8.82. The average molecular weight is 526 g/mol. The van der Waals surface area contributed by atoms with E-state index in [1.54, 1.807) is 44.8 Å². The van der Waals surface area contributed by atoms with Crippen LogP contribution in [0.1, 0.15) is 11.1 Å². The first-order valence-corrected chi connectivity index (χ1v) is 12.4. The average Bonchev–Trinajstić information content (AvgIpc) is 3.36. The predicted molar refractivity (Wildman–Crippen MR) is 151 cm³/mol. The molecule has 0 atom stereocenters. The minimum absolute atomic E-state index is 0.0157. The van der Waals surface area contributed by atoms with Crippen molar-refractivity contribution in [2.75, 3.05) is 41.5 Å². The van der Waals surface area contributed by atoms with Crippen LogP contribution in [0.2, 0.25) is 0 Å². The van der Waals surface area contributed by atoms with E-state index in [0.29, 0.717) is 29.3 Å². The van der Waals surface area contributed by atoms with Gasteiger partial charge in [0, 0.05) is 42.0 Å². The topological polar surface area (TPSA) is 112 Å². The van der Waals surface area contributed by atoms with Crippen LogP contribution in [0, 0.1) is 11.3 Å². The second-order valence-corrected chi connectivity index (χ2v) is 9.09. The fraction of sp³-hybridized carbons (Fsp3) is 0.233. The summed E-state index contributed by atoms with van der Waals surface area (Å²) in [4.78, 5) is 22.6. The molecule has 0 bridgehead atoms. The third-order valence-electron chi connectivity index (χ3n) is 6.10. The molecule has 2 aromatic carbocycles. The number of rotatable bonds is 11. The molecular formula is C30H31N5O4. The molecule has 0 radical (unpaired) electrons. The van der Waals surface area contributed by atoms with Gasteiger partial charge in [-0.2, -0.15) is 5.26 Å². The van der Waals surface area contributed by atoms with Crippen molar-refractivity contribution in [2.45, 2.75) is 6.54 Å². The van der Waals surface area contributed by atoms with E-state index in [-0.39, 0.29) is 12.1 Å². The molecule has 1 amide bonds. The smallest absolute Gasteiger partial charge is 0.262 e. The van der Waals surface area contributed by atoms with E-state index in [0.717, 1.165) is 34.4 Å². The number of hydrogen-bond acceptors (Lipinski definition) is 7. The molecule has 0 spiro atoms. The fourth-order valence-electron chi connectivity index (χ4n) is 3.98. The molecule has 2 aromatic heterocycles. The van der Waals surface area contributed by atoms with Gasteiger partial charge < -0.3 is 29.4 Å². The van der Waals surface area contributed by atoms with Crippen LogP contribution in [0.4, 0.5) is 0 Å². The summed E-state index contributed by atoms with van der Waals surface area (Å²) in [7, 11) is 7.12. The van der Waals surface area contributed by atoms with Gasteiger partial charge in [0.05, 0.1) is 14.2 Å². The van der Waals surface area contributed by atoms with Crippen molar-refractivity contribution in [1.82, 2.24) is 20.2 Å². The molecule has 9 nitrogen and oxygen atoms in total. The molecule has 0 saturated heterocycles. The lowest BCUT2D eigenvalue weighted by Crippen LogP contribution is -2.24. The zero-order valence-corrected chi connectivity index (χ0v) is 22.4. The largest absolute Gasteiger partial charge is 0.493 e. The number of carbonyl (C=O) groups is 1. The maximum atomic E-state index is 12.8. The van der Waals surface area contributed by atoms with E-state index in [9.17, 15) is 10.1 Å². The number of H-pyrrole nitrogens is 1. The lowest BCUT2D eigenvalue weighted by molar-refractivity contribution is -0.117. The highest BCUT2D eigenvalue weighted by Crippen LogP contribution is 2.29. The van der Waals surface area contributed by atoms with Gasteiger partial charge in [-0.05, 0) is 61.6 Å². The van der Waals surface area contributed by atoms with Gasteiger partial charge >= 0.3 is 0 Å². The van der Waals surface area contributed by atoms with Gasteiger partial charge in [0.15, 0.2) is 11.5 Å². The van der Waals surface area contributed by atoms with E-state index >= 15 is 0 Å². The summed E-state index contributed by atoms with van der Waals surface area (Å²) >= 11 is 0. The maximum absolute atomic E-state index is 12.8. The van der Waals surface area contributed by atoms with Crippen molar-refractivity contribution in [1.29, 1.82) is 5.26 Å². The molecule has 0 aliphatic heterocycles. The van der Waals surface area contributed by atoms with Crippen LogP contribution in [0.25, 0.3) is 28.2 Å². The van der Waals surface area contributed by atoms with Crippen molar-refractivity contribution >= 4 is 23.0 Å². The van der Waals surface area contributed by atoms with Crippen molar-refractivity contribution in [2.24, 2.45) is 0 Å². The van der Waals surface area contributed by atoms with Crippen LogP contribution in [0.15, 0.2) is 66.5 Å². The standard InChI is InChI=1S/C30H31N5O4/c1-35(2)10-11-39-25-7-5-6-21(14-25)23-15-26-24(19-33-29(26)32-18-23)13-22(16-31)30(36)34-17-20-8-9-27(37-3)28(12-20)38-4/h5-9,12-15,18-19H,10-11,17H2,1-4H3,(H,32,33)(H,34,36)/b22-13+.